The number of fused-ring (bicyclic) bond motifs is 1. The Hall–Kier alpha value is -1.97. The Kier molecular flexibility index (Phi) is 8.73. The second-order valence-corrected chi connectivity index (χ2v) is 8.19. The quantitative estimate of drug-likeness (QED) is 0.394. The summed E-state index contributed by atoms with van der Waals surface area (Å²) in [7, 11) is 0. The number of unbranched alkanes of at least 4 members (excludes halogenated alkanes) is 3. The van der Waals surface area contributed by atoms with Crippen LogP contribution < -0.4 is 4.57 Å². The standard InChI is InChI=1S/C24H37N4/c1-2-3-4-6-10-13-22-19-25-17-18-28(22)21-12-9-7-5-8-11-14-23-24(16-15-21)27-20-26-23/h2,17-21H,1,3-16H2,(H,26,27)/q+1. The van der Waals surface area contributed by atoms with Crippen molar-refractivity contribution in [3.63, 3.8) is 0 Å². The Labute approximate surface area is 170 Å². The molecule has 2 aromatic rings. The molecule has 28 heavy (non-hydrogen) atoms. The number of aromatic amines is 1. The predicted octanol–water partition coefficient (Wildman–Crippen LogP) is 5.45. The largest absolute Gasteiger partial charge is 0.348 e. The lowest BCUT2D eigenvalue weighted by Gasteiger charge is -2.16. The van der Waals surface area contributed by atoms with Gasteiger partial charge in [0.25, 0.3) is 0 Å². The number of hydrogen-bond donors (Lipinski definition) is 1. The van der Waals surface area contributed by atoms with Crippen molar-refractivity contribution < 1.29 is 4.57 Å². The molecule has 4 heteroatoms. The third-order valence-corrected chi connectivity index (χ3v) is 6.09. The van der Waals surface area contributed by atoms with Crippen LogP contribution in [0.5, 0.6) is 0 Å². The smallest absolute Gasteiger partial charge is 0.199 e. The Morgan fingerprint density at radius 1 is 1.07 bits per heavy atom. The zero-order chi connectivity index (χ0) is 19.4. The molecule has 0 spiro atoms. The third-order valence-electron chi connectivity index (χ3n) is 6.09. The van der Waals surface area contributed by atoms with Gasteiger partial charge in [-0.2, -0.15) is 4.57 Å². The molecule has 3 rings (SSSR count). The van der Waals surface area contributed by atoms with Crippen LogP contribution in [0.1, 0.15) is 93.8 Å². The van der Waals surface area contributed by atoms with Gasteiger partial charge in [0.1, 0.15) is 0 Å². The number of rotatable bonds is 7. The predicted molar refractivity (Wildman–Crippen MR) is 114 cm³/mol. The highest BCUT2D eigenvalue weighted by Gasteiger charge is 2.23. The normalized spacial score (nSPS) is 18.6. The van der Waals surface area contributed by atoms with Crippen molar-refractivity contribution in [3.05, 3.63) is 54.7 Å². The van der Waals surface area contributed by atoms with Gasteiger partial charge in [-0.15, -0.1) is 6.58 Å². The van der Waals surface area contributed by atoms with Gasteiger partial charge in [0.05, 0.1) is 24.4 Å². The van der Waals surface area contributed by atoms with Gasteiger partial charge < -0.3 is 4.98 Å². The summed E-state index contributed by atoms with van der Waals surface area (Å²) < 4.78 is 2.53. The molecular formula is C24H37N4+. The second kappa shape index (κ2) is 11.8. The molecule has 0 amide bonds. The number of allylic oxidation sites excluding steroid dienone is 1. The van der Waals surface area contributed by atoms with Gasteiger partial charge in [0.15, 0.2) is 17.9 Å². The van der Waals surface area contributed by atoms with Crippen LogP contribution in [0.2, 0.25) is 0 Å². The maximum Gasteiger partial charge on any atom is 0.199 e. The Morgan fingerprint density at radius 3 is 2.89 bits per heavy atom. The Balaban J connectivity index is 1.69. The van der Waals surface area contributed by atoms with E-state index in [9.17, 15) is 0 Å². The zero-order valence-corrected chi connectivity index (χ0v) is 17.4. The molecule has 1 atom stereocenters. The number of hydrogen-bond acceptors (Lipinski definition) is 2. The molecule has 2 aromatic heterocycles. The highest BCUT2D eigenvalue weighted by atomic mass is 15.0. The summed E-state index contributed by atoms with van der Waals surface area (Å²) in [6.07, 6.45) is 27.4. The molecule has 1 unspecified atom stereocenters. The van der Waals surface area contributed by atoms with Crippen LogP contribution >= 0.6 is 0 Å². The molecule has 0 saturated carbocycles. The molecule has 4 nitrogen and oxygen atoms in total. The van der Waals surface area contributed by atoms with E-state index in [1.54, 1.807) is 0 Å². The van der Waals surface area contributed by atoms with Crippen molar-refractivity contribution in [2.24, 2.45) is 0 Å². The molecule has 0 aliphatic heterocycles. The van der Waals surface area contributed by atoms with Crippen LogP contribution in [-0.4, -0.2) is 15.0 Å². The van der Waals surface area contributed by atoms with Crippen LogP contribution in [0.25, 0.3) is 0 Å². The van der Waals surface area contributed by atoms with Crippen LogP contribution in [0.3, 0.4) is 0 Å². The van der Waals surface area contributed by atoms with E-state index in [4.69, 9.17) is 0 Å². The van der Waals surface area contributed by atoms with Crippen molar-refractivity contribution in [2.45, 2.75) is 95.9 Å². The van der Waals surface area contributed by atoms with Crippen molar-refractivity contribution in [3.8, 4) is 0 Å². The molecule has 0 saturated heterocycles. The first kappa shape index (κ1) is 20.8. The van der Waals surface area contributed by atoms with Gasteiger partial charge in [-0.3, -0.25) is 4.98 Å². The summed E-state index contributed by atoms with van der Waals surface area (Å²) >= 11 is 0. The number of aromatic nitrogens is 4. The lowest BCUT2D eigenvalue weighted by atomic mass is 9.97. The molecule has 2 heterocycles. The molecule has 1 aliphatic carbocycles. The van der Waals surface area contributed by atoms with Crippen molar-refractivity contribution in [2.75, 3.05) is 0 Å². The summed E-state index contributed by atoms with van der Waals surface area (Å²) in [5, 5.41) is 0. The number of nitrogens with one attached hydrogen (secondary N) is 1. The van der Waals surface area contributed by atoms with Gasteiger partial charge in [0, 0.05) is 25.0 Å². The molecule has 0 aromatic carbocycles. The minimum Gasteiger partial charge on any atom is -0.348 e. The number of H-pyrrole nitrogens is 1. The van der Waals surface area contributed by atoms with Crippen LogP contribution in [0, 0.1) is 0 Å². The first-order chi connectivity index (χ1) is 13.9. The van der Waals surface area contributed by atoms with Crippen molar-refractivity contribution in [1.82, 2.24) is 15.0 Å². The fraction of sp³-hybridized carbons (Fsp3) is 0.625. The van der Waals surface area contributed by atoms with E-state index in [0.29, 0.717) is 6.04 Å². The van der Waals surface area contributed by atoms with Crippen LogP contribution in [-0.2, 0) is 19.3 Å². The monoisotopic (exact) mass is 381 g/mol. The molecule has 0 bridgehead atoms. The van der Waals surface area contributed by atoms with Gasteiger partial charge in [-0.05, 0) is 44.9 Å². The van der Waals surface area contributed by atoms with Crippen molar-refractivity contribution >= 4 is 0 Å². The minimum atomic E-state index is 0.551. The first-order valence-electron chi connectivity index (χ1n) is 11.3. The van der Waals surface area contributed by atoms with Crippen LogP contribution in [0.4, 0.5) is 0 Å². The average molecular weight is 382 g/mol. The summed E-state index contributed by atoms with van der Waals surface area (Å²) in [5.41, 5.74) is 4.04. The van der Waals surface area contributed by atoms with E-state index in [2.05, 4.69) is 38.5 Å². The third kappa shape index (κ3) is 6.29. The summed E-state index contributed by atoms with van der Waals surface area (Å²) in [6, 6.07) is 0.551. The van der Waals surface area contributed by atoms with Crippen molar-refractivity contribution in [1.29, 1.82) is 0 Å². The van der Waals surface area contributed by atoms with E-state index in [1.807, 2.05) is 18.6 Å². The van der Waals surface area contributed by atoms with E-state index in [1.165, 1.54) is 74.9 Å². The first-order valence-corrected chi connectivity index (χ1v) is 11.3. The SMILES string of the molecule is C=CCCCCCc1cncc[n+]1C1CCCCCCCc2[nH]cnc2CC1. The summed E-state index contributed by atoms with van der Waals surface area (Å²) in [5.74, 6) is 0. The topological polar surface area (TPSA) is 45.5 Å². The molecule has 0 fully saturated rings. The average Bonchev–Trinajstić information content (AvgIpc) is 3.16. The van der Waals surface area contributed by atoms with E-state index >= 15 is 0 Å². The molecule has 0 radical (unpaired) electrons. The summed E-state index contributed by atoms with van der Waals surface area (Å²) in [4.78, 5) is 12.4. The second-order valence-electron chi connectivity index (χ2n) is 8.19. The van der Waals surface area contributed by atoms with Gasteiger partial charge in [-0.25, -0.2) is 4.98 Å². The van der Waals surface area contributed by atoms with E-state index in [-0.39, 0.29) is 0 Å². The van der Waals surface area contributed by atoms with Crippen LogP contribution in [0.15, 0.2) is 37.6 Å². The fourth-order valence-electron chi connectivity index (χ4n) is 4.44. The highest BCUT2D eigenvalue weighted by Crippen LogP contribution is 2.21. The van der Waals surface area contributed by atoms with E-state index in [0.717, 1.165) is 32.1 Å². The summed E-state index contributed by atoms with van der Waals surface area (Å²) in [6.45, 7) is 3.83. The molecular weight excluding hydrogens is 344 g/mol. The Morgan fingerprint density at radius 2 is 1.96 bits per heavy atom. The van der Waals surface area contributed by atoms with Gasteiger partial charge in [0.2, 0.25) is 0 Å². The fourth-order valence-corrected chi connectivity index (χ4v) is 4.44. The number of aryl methyl sites for hydroxylation is 3. The highest BCUT2D eigenvalue weighted by molar-refractivity contribution is 5.11. The molecule has 1 aliphatic rings. The maximum atomic E-state index is 4.63. The lowest BCUT2D eigenvalue weighted by Crippen LogP contribution is -2.43. The zero-order valence-electron chi connectivity index (χ0n) is 17.4. The Bertz CT molecular complexity index is 706. The van der Waals surface area contributed by atoms with E-state index < -0.39 is 0 Å². The molecule has 1 N–H and O–H groups in total. The lowest BCUT2D eigenvalue weighted by molar-refractivity contribution is -0.731. The maximum absolute atomic E-state index is 4.63. The molecule has 152 valence electrons. The van der Waals surface area contributed by atoms with Gasteiger partial charge >= 0.3 is 0 Å². The number of imidazole rings is 1. The minimum absolute atomic E-state index is 0.551. The van der Waals surface area contributed by atoms with Gasteiger partial charge in [-0.1, -0.05) is 31.8 Å². The number of nitrogens with zero attached hydrogens (tertiary/aromatic N) is 3.